The summed E-state index contributed by atoms with van der Waals surface area (Å²) in [6.07, 6.45) is -0.295. The number of nitrogens with zero attached hydrogens (tertiary/aromatic N) is 4. The molecule has 0 bridgehead atoms. The fraction of sp³-hybridized carbons (Fsp3) is 0.280. The molecule has 0 aliphatic heterocycles. The van der Waals surface area contributed by atoms with Gasteiger partial charge in [0.05, 0.1) is 16.5 Å². The van der Waals surface area contributed by atoms with Gasteiger partial charge in [-0.15, -0.1) is 21.5 Å². The van der Waals surface area contributed by atoms with Crippen LogP contribution in [0, 0.1) is 13.8 Å². The van der Waals surface area contributed by atoms with Crippen LogP contribution in [0.2, 0.25) is 10.0 Å². The summed E-state index contributed by atoms with van der Waals surface area (Å²) in [7, 11) is 0. The van der Waals surface area contributed by atoms with E-state index in [4.69, 9.17) is 27.9 Å². The van der Waals surface area contributed by atoms with Crippen LogP contribution in [0.5, 0.6) is 5.75 Å². The first-order valence-corrected chi connectivity index (χ1v) is 13.9. The number of aromatic nitrogens is 4. The van der Waals surface area contributed by atoms with Gasteiger partial charge < -0.3 is 14.6 Å². The third-order valence-electron chi connectivity index (χ3n) is 5.51. The molecule has 11 heteroatoms. The number of hydrogen-bond donors (Lipinski definition) is 1. The van der Waals surface area contributed by atoms with Gasteiger partial charge in [-0.05, 0) is 69.2 Å². The van der Waals surface area contributed by atoms with Crippen molar-refractivity contribution in [3.8, 4) is 17.0 Å². The minimum absolute atomic E-state index is 0.168. The highest BCUT2D eigenvalue weighted by Gasteiger charge is 2.20. The molecule has 1 unspecified atom stereocenters. The quantitative estimate of drug-likeness (QED) is 0.217. The molecule has 0 aliphatic rings. The summed E-state index contributed by atoms with van der Waals surface area (Å²) in [5.41, 5.74) is 3.82. The molecule has 188 valence electrons. The summed E-state index contributed by atoms with van der Waals surface area (Å²) in [5, 5.41) is 15.5. The molecule has 0 saturated heterocycles. The topological polar surface area (TPSA) is 81.9 Å². The van der Waals surface area contributed by atoms with Gasteiger partial charge in [0.25, 0.3) is 0 Å². The number of carbonyl (C=O) groups is 1. The summed E-state index contributed by atoms with van der Waals surface area (Å²) in [4.78, 5) is 17.1. The van der Waals surface area contributed by atoms with E-state index in [0.717, 1.165) is 11.3 Å². The number of rotatable bonds is 9. The van der Waals surface area contributed by atoms with Crippen LogP contribution in [-0.4, -0.2) is 31.4 Å². The molecule has 0 spiro atoms. The number of nitrogens with one attached hydrogen (secondary N) is 1. The summed E-state index contributed by atoms with van der Waals surface area (Å²) in [6.45, 7) is 8.74. The molecule has 7 nitrogen and oxygen atoms in total. The van der Waals surface area contributed by atoms with E-state index >= 15 is 0 Å². The Bertz CT molecular complexity index is 1390. The average molecular weight is 563 g/mol. The summed E-state index contributed by atoms with van der Waals surface area (Å²) < 4.78 is 8.08. The number of thioether (sulfide) groups is 1. The van der Waals surface area contributed by atoms with E-state index in [-0.39, 0.29) is 17.8 Å². The molecule has 0 fully saturated rings. The standard InChI is InChI=1S/C25H25Cl2N5O2S2/c1-5-32-23(16(4)34-18-8-6-14(2)15(3)10-18)30-31-25(32)36-13-22(33)29-24-28-21(12-35-24)19-9-7-17(26)11-20(19)27/h6-12,16H,5,13H2,1-4H3,(H,28,29,33). The van der Waals surface area contributed by atoms with Crippen LogP contribution in [0.4, 0.5) is 5.13 Å². The van der Waals surface area contributed by atoms with Crippen molar-refractivity contribution in [2.75, 3.05) is 11.1 Å². The number of ether oxygens (including phenoxy) is 1. The van der Waals surface area contributed by atoms with Crippen LogP contribution >= 0.6 is 46.3 Å². The van der Waals surface area contributed by atoms with Crippen LogP contribution in [-0.2, 0) is 11.3 Å². The van der Waals surface area contributed by atoms with Crippen molar-refractivity contribution in [3.05, 3.63) is 68.8 Å². The number of amides is 1. The second-order valence-corrected chi connectivity index (χ2v) is 10.7. The van der Waals surface area contributed by atoms with Gasteiger partial charge in [-0.2, -0.15) is 0 Å². The molecule has 0 radical (unpaired) electrons. The molecule has 36 heavy (non-hydrogen) atoms. The molecule has 0 aliphatic carbocycles. The van der Waals surface area contributed by atoms with Gasteiger partial charge in [0.2, 0.25) is 5.91 Å². The Hall–Kier alpha value is -2.59. The Labute approximate surface area is 228 Å². The lowest BCUT2D eigenvalue weighted by atomic mass is 10.1. The van der Waals surface area contributed by atoms with Crippen LogP contribution in [0.25, 0.3) is 11.3 Å². The first-order valence-electron chi connectivity index (χ1n) is 11.3. The maximum absolute atomic E-state index is 12.6. The minimum Gasteiger partial charge on any atom is -0.483 e. The number of anilines is 1. The summed E-state index contributed by atoms with van der Waals surface area (Å²) >= 11 is 14.9. The molecule has 1 N–H and O–H groups in total. The Kier molecular flexibility index (Phi) is 8.56. The molecule has 1 atom stereocenters. The summed E-state index contributed by atoms with van der Waals surface area (Å²) in [5.74, 6) is 1.48. The maximum Gasteiger partial charge on any atom is 0.236 e. The monoisotopic (exact) mass is 561 g/mol. The van der Waals surface area contributed by atoms with E-state index in [2.05, 4.69) is 34.3 Å². The lowest BCUT2D eigenvalue weighted by Crippen LogP contribution is -2.15. The van der Waals surface area contributed by atoms with Crippen molar-refractivity contribution in [2.45, 2.75) is 45.5 Å². The largest absolute Gasteiger partial charge is 0.483 e. The first kappa shape index (κ1) is 26.5. The van der Waals surface area contributed by atoms with E-state index in [1.54, 1.807) is 18.2 Å². The molecule has 4 rings (SSSR count). The highest BCUT2D eigenvalue weighted by atomic mass is 35.5. The first-order chi connectivity index (χ1) is 17.2. The highest BCUT2D eigenvalue weighted by Crippen LogP contribution is 2.32. The van der Waals surface area contributed by atoms with Crippen LogP contribution in [0.1, 0.15) is 36.9 Å². The molecule has 1 amide bonds. The van der Waals surface area contributed by atoms with Crippen molar-refractivity contribution in [2.24, 2.45) is 0 Å². The van der Waals surface area contributed by atoms with Gasteiger partial charge in [0, 0.05) is 22.5 Å². The normalized spacial score (nSPS) is 11.9. The number of benzene rings is 2. The van der Waals surface area contributed by atoms with Gasteiger partial charge in [-0.1, -0.05) is 41.0 Å². The van der Waals surface area contributed by atoms with Crippen molar-refractivity contribution >= 4 is 57.3 Å². The van der Waals surface area contributed by atoms with Gasteiger partial charge in [0.15, 0.2) is 22.2 Å². The van der Waals surface area contributed by atoms with E-state index < -0.39 is 0 Å². The van der Waals surface area contributed by atoms with Gasteiger partial charge in [-0.25, -0.2) is 4.98 Å². The van der Waals surface area contributed by atoms with Gasteiger partial charge in [-0.3, -0.25) is 4.79 Å². The Morgan fingerprint density at radius 2 is 1.97 bits per heavy atom. The van der Waals surface area contributed by atoms with Gasteiger partial charge >= 0.3 is 0 Å². The number of hydrogen-bond acceptors (Lipinski definition) is 7. The van der Waals surface area contributed by atoms with Crippen LogP contribution < -0.4 is 10.1 Å². The lowest BCUT2D eigenvalue weighted by molar-refractivity contribution is -0.113. The second kappa shape index (κ2) is 11.6. The predicted octanol–water partition coefficient (Wildman–Crippen LogP) is 7.22. The van der Waals surface area contributed by atoms with Crippen molar-refractivity contribution in [1.29, 1.82) is 0 Å². The minimum atomic E-state index is -0.295. The fourth-order valence-corrected chi connectivity index (χ4v) is 5.53. The van der Waals surface area contributed by atoms with E-state index in [1.807, 2.05) is 42.0 Å². The number of halogens is 2. The van der Waals surface area contributed by atoms with Gasteiger partial charge in [0.1, 0.15) is 5.75 Å². The zero-order valence-electron chi connectivity index (χ0n) is 20.2. The number of aryl methyl sites for hydroxylation is 2. The predicted molar refractivity (Wildman–Crippen MR) is 148 cm³/mol. The molecule has 2 aromatic heterocycles. The molecular weight excluding hydrogens is 537 g/mol. The van der Waals surface area contributed by atoms with E-state index in [0.29, 0.717) is 38.4 Å². The smallest absolute Gasteiger partial charge is 0.236 e. The molecule has 4 aromatic rings. The van der Waals surface area contributed by atoms with Crippen LogP contribution in [0.3, 0.4) is 0 Å². The van der Waals surface area contributed by atoms with Crippen molar-refractivity contribution < 1.29 is 9.53 Å². The van der Waals surface area contributed by atoms with Crippen molar-refractivity contribution in [1.82, 2.24) is 19.7 Å². The number of carbonyl (C=O) groups excluding carboxylic acids is 1. The third-order valence-corrected chi connectivity index (χ3v) is 7.78. The highest BCUT2D eigenvalue weighted by molar-refractivity contribution is 7.99. The molecular formula is C25H25Cl2N5O2S2. The third kappa shape index (κ3) is 6.21. The Morgan fingerprint density at radius 1 is 1.17 bits per heavy atom. The Balaban J connectivity index is 1.37. The number of thiazole rings is 1. The SMILES string of the molecule is CCn1c(SCC(=O)Nc2nc(-c3ccc(Cl)cc3Cl)cs2)nnc1C(C)Oc1ccc(C)c(C)c1. The molecule has 0 saturated carbocycles. The Morgan fingerprint density at radius 3 is 2.69 bits per heavy atom. The van der Waals surface area contributed by atoms with Crippen LogP contribution in [0.15, 0.2) is 46.9 Å². The van der Waals surface area contributed by atoms with E-state index in [1.165, 1.54) is 34.2 Å². The fourth-order valence-electron chi connectivity index (χ4n) is 3.49. The molecule has 2 aromatic carbocycles. The van der Waals surface area contributed by atoms with E-state index in [9.17, 15) is 4.79 Å². The average Bonchev–Trinajstić information content (AvgIpc) is 3.47. The zero-order valence-corrected chi connectivity index (χ0v) is 23.4. The zero-order chi connectivity index (χ0) is 25.8. The van der Waals surface area contributed by atoms with Crippen molar-refractivity contribution in [3.63, 3.8) is 0 Å². The lowest BCUT2D eigenvalue weighted by Gasteiger charge is -2.16. The summed E-state index contributed by atoms with van der Waals surface area (Å²) in [6, 6.07) is 11.2. The maximum atomic E-state index is 12.6. The second-order valence-electron chi connectivity index (χ2n) is 8.09. The molecule has 2 heterocycles.